The van der Waals surface area contributed by atoms with Crippen LogP contribution in [0.2, 0.25) is 0 Å². The van der Waals surface area contributed by atoms with Crippen LogP contribution >= 0.6 is 11.3 Å². The predicted molar refractivity (Wildman–Crippen MR) is 126 cm³/mol. The molecule has 0 fully saturated rings. The van der Waals surface area contributed by atoms with Gasteiger partial charge < -0.3 is 19.1 Å². The van der Waals surface area contributed by atoms with E-state index in [0.717, 1.165) is 0 Å². The summed E-state index contributed by atoms with van der Waals surface area (Å²) in [6.45, 7) is -0.677. The molecule has 0 bridgehead atoms. The van der Waals surface area contributed by atoms with Crippen LogP contribution in [-0.2, 0) is 14.3 Å². The summed E-state index contributed by atoms with van der Waals surface area (Å²) in [6, 6.07) is 16.7. The largest absolute Gasteiger partial charge is 0.485 e. The summed E-state index contributed by atoms with van der Waals surface area (Å²) in [5, 5.41) is 1.78. The average molecular weight is 496 g/mol. The highest BCUT2D eigenvalue weighted by molar-refractivity contribution is 7.12. The van der Waals surface area contributed by atoms with E-state index in [-0.39, 0.29) is 18.1 Å². The quantitative estimate of drug-likeness (QED) is 0.397. The van der Waals surface area contributed by atoms with Gasteiger partial charge >= 0.3 is 5.97 Å². The monoisotopic (exact) mass is 495 g/mol. The second kappa shape index (κ2) is 10.7. The minimum atomic E-state index is -0.962. The van der Waals surface area contributed by atoms with Crippen molar-refractivity contribution in [2.45, 2.75) is 6.10 Å². The lowest BCUT2D eigenvalue weighted by molar-refractivity contribution is -0.135. The van der Waals surface area contributed by atoms with E-state index in [9.17, 15) is 19.2 Å². The number of ether oxygens (including phenoxy) is 3. The molecule has 180 valence electrons. The maximum Gasteiger partial charge on any atom is 0.340 e. The second-order valence-corrected chi connectivity index (χ2v) is 8.28. The lowest BCUT2D eigenvalue weighted by Crippen LogP contribution is -2.51. The predicted octanol–water partition coefficient (Wildman–Crippen LogP) is 2.17. The number of hydrogen-bond acceptors (Lipinski definition) is 8. The van der Waals surface area contributed by atoms with Crippen LogP contribution in [0.25, 0.3) is 0 Å². The van der Waals surface area contributed by atoms with Gasteiger partial charge in [0.25, 0.3) is 17.7 Å². The highest BCUT2D eigenvalue weighted by Crippen LogP contribution is 2.30. The van der Waals surface area contributed by atoms with E-state index in [1.165, 1.54) is 22.3 Å². The lowest BCUT2D eigenvalue weighted by atomic mass is 10.1. The first-order valence-corrected chi connectivity index (χ1v) is 11.4. The molecule has 0 spiro atoms. The second-order valence-electron chi connectivity index (χ2n) is 7.34. The standard InChI is InChI=1S/C24H21N3O7S/c1-27(23(30)20-11-6-12-35-20)16-8-3-2-7-15(16)24(31)33-14-21(28)25-26-22(29)19-13-32-17-9-4-5-10-18(17)34-19/h2-12,19H,13-14H2,1H3,(H,25,28)(H,26,29). The van der Waals surface area contributed by atoms with Gasteiger partial charge in [-0.15, -0.1) is 11.3 Å². The molecular weight excluding hydrogens is 474 g/mol. The molecule has 10 nitrogen and oxygen atoms in total. The van der Waals surface area contributed by atoms with Crippen molar-refractivity contribution in [2.75, 3.05) is 25.2 Å². The number of nitrogens with zero attached hydrogens (tertiary/aromatic N) is 1. The third-order valence-corrected chi connectivity index (χ3v) is 5.84. The Balaban J connectivity index is 1.29. The summed E-state index contributed by atoms with van der Waals surface area (Å²) < 4.78 is 16.1. The number of thiophene rings is 1. The molecule has 1 aromatic heterocycles. The van der Waals surface area contributed by atoms with E-state index in [0.29, 0.717) is 22.1 Å². The number of benzene rings is 2. The molecule has 3 amide bonds. The van der Waals surface area contributed by atoms with Crippen LogP contribution in [0.4, 0.5) is 5.69 Å². The number of anilines is 1. The molecule has 2 heterocycles. The summed E-state index contributed by atoms with van der Waals surface area (Å²) in [5.41, 5.74) is 4.84. The van der Waals surface area contributed by atoms with Gasteiger partial charge in [-0.05, 0) is 35.7 Å². The van der Waals surface area contributed by atoms with Gasteiger partial charge in [-0.3, -0.25) is 25.2 Å². The number of carbonyl (C=O) groups excluding carboxylic acids is 4. The van der Waals surface area contributed by atoms with Gasteiger partial charge in [-0.25, -0.2) is 4.79 Å². The number of rotatable bonds is 6. The fourth-order valence-corrected chi connectivity index (χ4v) is 3.92. The molecule has 2 aromatic carbocycles. The Labute approximate surface area is 204 Å². The van der Waals surface area contributed by atoms with Crippen molar-refractivity contribution in [1.29, 1.82) is 0 Å². The maximum atomic E-state index is 12.7. The number of amides is 3. The molecular formula is C24H21N3O7S. The van der Waals surface area contributed by atoms with E-state index in [2.05, 4.69) is 10.9 Å². The fraction of sp³-hybridized carbons (Fsp3) is 0.167. The Morgan fingerprint density at radius 1 is 1.00 bits per heavy atom. The zero-order valence-electron chi connectivity index (χ0n) is 18.6. The molecule has 1 aliphatic rings. The van der Waals surface area contributed by atoms with Crippen LogP contribution in [0, 0.1) is 0 Å². The van der Waals surface area contributed by atoms with Gasteiger partial charge in [0.15, 0.2) is 18.1 Å². The van der Waals surface area contributed by atoms with Crippen LogP contribution in [0.1, 0.15) is 20.0 Å². The van der Waals surface area contributed by atoms with Crippen molar-refractivity contribution in [1.82, 2.24) is 10.9 Å². The smallest absolute Gasteiger partial charge is 0.340 e. The van der Waals surface area contributed by atoms with Crippen LogP contribution in [-0.4, -0.2) is 50.1 Å². The minimum absolute atomic E-state index is 0.0256. The van der Waals surface area contributed by atoms with Crippen molar-refractivity contribution in [3.63, 3.8) is 0 Å². The van der Waals surface area contributed by atoms with Crippen molar-refractivity contribution in [3.05, 3.63) is 76.5 Å². The average Bonchev–Trinajstić information content (AvgIpc) is 3.44. The number of hydrazine groups is 1. The zero-order valence-corrected chi connectivity index (χ0v) is 19.4. The topological polar surface area (TPSA) is 123 Å². The molecule has 0 saturated carbocycles. The Morgan fingerprint density at radius 2 is 1.74 bits per heavy atom. The third-order valence-electron chi connectivity index (χ3n) is 4.98. The van der Waals surface area contributed by atoms with E-state index >= 15 is 0 Å². The SMILES string of the molecule is CN(C(=O)c1cccs1)c1ccccc1C(=O)OCC(=O)NNC(=O)C1COc2ccccc2O1. The van der Waals surface area contributed by atoms with Crippen LogP contribution in [0.3, 0.4) is 0 Å². The number of hydrogen-bond donors (Lipinski definition) is 2. The van der Waals surface area contributed by atoms with E-state index in [1.807, 2.05) is 0 Å². The molecule has 0 aliphatic carbocycles. The first-order chi connectivity index (χ1) is 16.9. The third kappa shape index (κ3) is 5.58. The molecule has 3 aromatic rings. The first kappa shape index (κ1) is 23.8. The molecule has 1 atom stereocenters. The molecule has 1 unspecified atom stereocenters. The summed E-state index contributed by atoms with van der Waals surface area (Å²) in [7, 11) is 1.55. The maximum absolute atomic E-state index is 12.7. The summed E-state index contributed by atoms with van der Waals surface area (Å²) >= 11 is 1.29. The van der Waals surface area contributed by atoms with Crippen molar-refractivity contribution in [3.8, 4) is 11.5 Å². The van der Waals surface area contributed by atoms with Crippen molar-refractivity contribution < 1.29 is 33.4 Å². The summed E-state index contributed by atoms with van der Waals surface area (Å²) in [6.07, 6.45) is -0.962. The number of para-hydroxylation sites is 3. The van der Waals surface area contributed by atoms with Gasteiger partial charge in [-0.2, -0.15) is 0 Å². The molecule has 35 heavy (non-hydrogen) atoms. The Kier molecular flexibility index (Phi) is 7.27. The number of fused-ring (bicyclic) bond motifs is 1. The number of carbonyl (C=O) groups is 4. The molecule has 4 rings (SSSR count). The number of nitrogens with one attached hydrogen (secondary N) is 2. The van der Waals surface area contributed by atoms with Crippen LogP contribution < -0.4 is 25.2 Å². The van der Waals surface area contributed by atoms with E-state index in [4.69, 9.17) is 14.2 Å². The highest BCUT2D eigenvalue weighted by Gasteiger charge is 2.28. The van der Waals surface area contributed by atoms with Crippen molar-refractivity contribution in [2.24, 2.45) is 0 Å². The van der Waals surface area contributed by atoms with Gasteiger partial charge in [-0.1, -0.05) is 30.3 Å². The minimum Gasteiger partial charge on any atom is -0.485 e. The normalized spacial score (nSPS) is 13.9. The van der Waals surface area contributed by atoms with Gasteiger partial charge in [0.2, 0.25) is 6.10 Å². The Hall–Kier alpha value is -4.38. The molecule has 2 N–H and O–H groups in total. The highest BCUT2D eigenvalue weighted by atomic mass is 32.1. The number of esters is 1. The van der Waals surface area contributed by atoms with Gasteiger partial charge in [0.05, 0.1) is 16.1 Å². The summed E-state index contributed by atoms with van der Waals surface area (Å²) in [5.74, 6) is -1.52. The van der Waals surface area contributed by atoms with E-state index in [1.54, 1.807) is 67.0 Å². The van der Waals surface area contributed by atoms with E-state index < -0.39 is 30.5 Å². The van der Waals surface area contributed by atoms with Crippen molar-refractivity contribution >= 4 is 40.7 Å². The summed E-state index contributed by atoms with van der Waals surface area (Å²) in [4.78, 5) is 51.5. The fourth-order valence-electron chi connectivity index (χ4n) is 3.22. The van der Waals surface area contributed by atoms with Crippen LogP contribution in [0.15, 0.2) is 66.0 Å². The zero-order chi connectivity index (χ0) is 24.8. The molecule has 1 aliphatic heterocycles. The molecule has 0 saturated heterocycles. The van der Waals surface area contributed by atoms with Gasteiger partial charge in [0.1, 0.15) is 6.61 Å². The molecule has 11 heteroatoms. The Morgan fingerprint density at radius 3 is 2.51 bits per heavy atom. The first-order valence-electron chi connectivity index (χ1n) is 10.5. The van der Waals surface area contributed by atoms with Crippen LogP contribution in [0.5, 0.6) is 11.5 Å². The lowest BCUT2D eigenvalue weighted by Gasteiger charge is -2.25. The Bertz CT molecular complexity index is 1250. The van der Waals surface area contributed by atoms with Gasteiger partial charge in [0, 0.05) is 7.05 Å². The molecule has 0 radical (unpaired) electrons.